The lowest BCUT2D eigenvalue weighted by molar-refractivity contribution is 0.172. The Morgan fingerprint density at radius 2 is 1.79 bits per heavy atom. The van der Waals surface area contributed by atoms with E-state index in [1.165, 1.54) is 0 Å². The lowest BCUT2D eigenvalue weighted by Gasteiger charge is -2.12. The van der Waals surface area contributed by atoms with E-state index < -0.39 is 0 Å². The van der Waals surface area contributed by atoms with E-state index in [-0.39, 0.29) is 11.2 Å². The minimum absolute atomic E-state index is 0.255. The molecular formula is C24H27ClN4O3S. The molecule has 2 aromatic heterocycles. The van der Waals surface area contributed by atoms with Crippen LogP contribution in [0.15, 0.2) is 53.7 Å². The van der Waals surface area contributed by atoms with Crippen molar-refractivity contribution >= 4 is 40.8 Å². The number of anilines is 2. The summed E-state index contributed by atoms with van der Waals surface area (Å²) in [5.41, 5.74) is 4.04. The number of amides is 2. The fraction of sp³-hybridized carbons (Fsp3) is 0.292. The van der Waals surface area contributed by atoms with E-state index in [9.17, 15) is 4.79 Å². The third-order valence-corrected chi connectivity index (χ3v) is 6.16. The first-order chi connectivity index (χ1) is 16.0. The van der Waals surface area contributed by atoms with Crippen molar-refractivity contribution < 1.29 is 14.3 Å². The van der Waals surface area contributed by atoms with Crippen molar-refractivity contribution in [2.45, 2.75) is 30.9 Å². The third kappa shape index (κ3) is 7.35. The van der Waals surface area contributed by atoms with Crippen LogP contribution in [0.5, 0.6) is 5.75 Å². The molecule has 0 saturated carbocycles. The molecule has 3 rings (SSSR count). The number of aryl methyl sites for hydroxylation is 1. The van der Waals surface area contributed by atoms with Gasteiger partial charge in [0, 0.05) is 54.4 Å². The van der Waals surface area contributed by atoms with Crippen LogP contribution in [0.25, 0.3) is 0 Å². The van der Waals surface area contributed by atoms with Crippen molar-refractivity contribution in [2.24, 2.45) is 0 Å². The molecule has 0 bridgehead atoms. The number of urea groups is 1. The highest BCUT2D eigenvalue weighted by atomic mass is 35.5. The minimum Gasteiger partial charge on any atom is -0.493 e. The summed E-state index contributed by atoms with van der Waals surface area (Å²) in [5.74, 6) is 1.57. The molecule has 2 amide bonds. The molecule has 0 atom stereocenters. The monoisotopic (exact) mass is 486 g/mol. The summed E-state index contributed by atoms with van der Waals surface area (Å²) in [6.07, 6.45) is 4.21. The summed E-state index contributed by atoms with van der Waals surface area (Å²) >= 11 is 7.74. The fourth-order valence-electron chi connectivity index (χ4n) is 2.98. The van der Waals surface area contributed by atoms with Gasteiger partial charge in [-0.2, -0.15) is 0 Å². The molecule has 0 aliphatic rings. The van der Waals surface area contributed by atoms with E-state index in [0.29, 0.717) is 30.3 Å². The van der Waals surface area contributed by atoms with E-state index in [0.717, 1.165) is 33.9 Å². The SMILES string of the molecule is COCCCOc1ccnc(CSc2ccc(NC(=O)Nc3c(C)ccnc3Cl)cc2)c1C. The standard InChI is InChI=1S/C24H27ClN4O3S/c1-16-9-11-27-23(25)22(16)29-24(30)28-18-5-7-19(8-6-18)33-15-20-17(2)21(10-12-26-20)32-14-4-13-31-3/h5-12H,4,13-15H2,1-3H3,(H2,28,29,30). The Balaban J connectivity index is 1.53. The lowest BCUT2D eigenvalue weighted by Crippen LogP contribution is -2.20. The number of aromatic nitrogens is 2. The van der Waals surface area contributed by atoms with Crippen molar-refractivity contribution in [1.82, 2.24) is 9.97 Å². The predicted octanol–water partition coefficient (Wildman–Crippen LogP) is 6.10. The molecule has 0 aliphatic carbocycles. The molecule has 33 heavy (non-hydrogen) atoms. The second-order valence-electron chi connectivity index (χ2n) is 7.26. The average molecular weight is 487 g/mol. The van der Waals surface area contributed by atoms with Crippen LogP contribution in [0, 0.1) is 13.8 Å². The van der Waals surface area contributed by atoms with Crippen LogP contribution in [0.1, 0.15) is 23.2 Å². The Bertz CT molecular complexity index is 1060. The molecule has 174 valence electrons. The highest BCUT2D eigenvalue weighted by Crippen LogP contribution is 2.28. The van der Waals surface area contributed by atoms with Gasteiger partial charge in [-0.25, -0.2) is 9.78 Å². The van der Waals surface area contributed by atoms with Gasteiger partial charge in [-0.3, -0.25) is 4.98 Å². The zero-order valence-electron chi connectivity index (χ0n) is 18.9. The Morgan fingerprint density at radius 3 is 2.52 bits per heavy atom. The molecule has 2 N–H and O–H groups in total. The quantitative estimate of drug-likeness (QED) is 0.204. The molecule has 0 saturated heterocycles. The average Bonchev–Trinajstić information content (AvgIpc) is 2.80. The van der Waals surface area contributed by atoms with Gasteiger partial charge in [0.15, 0.2) is 5.15 Å². The van der Waals surface area contributed by atoms with Gasteiger partial charge in [-0.05, 0) is 55.8 Å². The minimum atomic E-state index is -0.379. The predicted molar refractivity (Wildman–Crippen MR) is 134 cm³/mol. The largest absolute Gasteiger partial charge is 0.493 e. The lowest BCUT2D eigenvalue weighted by atomic mass is 10.2. The number of thioether (sulfide) groups is 1. The number of halogens is 1. The number of carbonyl (C=O) groups is 1. The zero-order chi connectivity index (χ0) is 23.6. The molecular weight excluding hydrogens is 460 g/mol. The number of rotatable bonds is 10. The Labute approximate surface area is 203 Å². The highest BCUT2D eigenvalue weighted by molar-refractivity contribution is 7.98. The summed E-state index contributed by atoms with van der Waals surface area (Å²) in [6.45, 7) is 5.17. The van der Waals surface area contributed by atoms with Crippen molar-refractivity contribution in [1.29, 1.82) is 0 Å². The van der Waals surface area contributed by atoms with Crippen LogP contribution in [-0.4, -0.2) is 36.3 Å². The van der Waals surface area contributed by atoms with Gasteiger partial charge in [-0.1, -0.05) is 11.6 Å². The summed E-state index contributed by atoms with van der Waals surface area (Å²) in [4.78, 5) is 21.9. The number of carbonyl (C=O) groups excluding carboxylic acids is 1. The van der Waals surface area contributed by atoms with E-state index in [1.54, 1.807) is 37.3 Å². The smallest absolute Gasteiger partial charge is 0.323 e. The molecule has 0 radical (unpaired) electrons. The van der Waals surface area contributed by atoms with Crippen molar-refractivity contribution in [3.63, 3.8) is 0 Å². The van der Waals surface area contributed by atoms with Crippen LogP contribution in [-0.2, 0) is 10.5 Å². The maximum Gasteiger partial charge on any atom is 0.323 e. The van der Waals surface area contributed by atoms with Gasteiger partial charge in [0.2, 0.25) is 0 Å². The molecule has 9 heteroatoms. The van der Waals surface area contributed by atoms with Crippen LogP contribution < -0.4 is 15.4 Å². The van der Waals surface area contributed by atoms with E-state index >= 15 is 0 Å². The number of pyridine rings is 2. The van der Waals surface area contributed by atoms with Gasteiger partial charge in [0.1, 0.15) is 5.75 Å². The van der Waals surface area contributed by atoms with Crippen molar-refractivity contribution in [3.8, 4) is 5.75 Å². The van der Waals surface area contributed by atoms with Gasteiger partial charge < -0.3 is 20.1 Å². The molecule has 2 heterocycles. The Hall–Kier alpha value is -2.81. The number of hydrogen-bond acceptors (Lipinski definition) is 6. The van der Waals surface area contributed by atoms with Gasteiger partial charge >= 0.3 is 6.03 Å². The number of ether oxygens (including phenoxy) is 2. The first kappa shape index (κ1) is 24.8. The maximum absolute atomic E-state index is 12.3. The maximum atomic E-state index is 12.3. The van der Waals surface area contributed by atoms with Crippen molar-refractivity contribution in [3.05, 3.63) is 70.8 Å². The number of hydrogen-bond donors (Lipinski definition) is 2. The summed E-state index contributed by atoms with van der Waals surface area (Å²) in [5, 5.41) is 5.81. The Morgan fingerprint density at radius 1 is 1.03 bits per heavy atom. The van der Waals surface area contributed by atoms with Gasteiger partial charge in [0.05, 0.1) is 18.0 Å². The van der Waals surface area contributed by atoms with Gasteiger partial charge in [-0.15, -0.1) is 11.8 Å². The Kier molecular flexibility index (Phi) is 9.35. The van der Waals surface area contributed by atoms with Crippen LogP contribution >= 0.6 is 23.4 Å². The molecule has 7 nitrogen and oxygen atoms in total. The zero-order valence-corrected chi connectivity index (χ0v) is 20.4. The van der Waals surface area contributed by atoms with Crippen molar-refractivity contribution in [2.75, 3.05) is 31.0 Å². The van der Waals surface area contributed by atoms with E-state index in [1.807, 2.05) is 44.2 Å². The first-order valence-corrected chi connectivity index (χ1v) is 11.8. The molecule has 0 fully saturated rings. The van der Waals surface area contributed by atoms with Crippen LogP contribution in [0.4, 0.5) is 16.2 Å². The second-order valence-corrected chi connectivity index (χ2v) is 8.67. The van der Waals surface area contributed by atoms with Gasteiger partial charge in [0.25, 0.3) is 0 Å². The normalized spacial score (nSPS) is 10.7. The number of benzene rings is 1. The number of nitrogens with zero attached hydrogens (tertiary/aromatic N) is 2. The first-order valence-electron chi connectivity index (χ1n) is 10.5. The number of nitrogens with one attached hydrogen (secondary N) is 2. The third-order valence-electron chi connectivity index (χ3n) is 4.85. The van der Waals surface area contributed by atoms with E-state index in [4.69, 9.17) is 21.1 Å². The molecule has 3 aromatic rings. The number of methoxy groups -OCH3 is 1. The molecule has 0 spiro atoms. The molecule has 1 aromatic carbocycles. The topological polar surface area (TPSA) is 85.4 Å². The van der Waals surface area contributed by atoms with Crippen LogP contribution in [0.3, 0.4) is 0 Å². The van der Waals surface area contributed by atoms with Crippen LogP contribution in [0.2, 0.25) is 5.15 Å². The fourth-order valence-corrected chi connectivity index (χ4v) is 4.16. The summed E-state index contributed by atoms with van der Waals surface area (Å²) in [7, 11) is 1.68. The summed E-state index contributed by atoms with van der Waals surface area (Å²) in [6, 6.07) is 10.9. The second kappa shape index (κ2) is 12.4. The molecule has 0 aliphatic heterocycles. The van der Waals surface area contributed by atoms with E-state index in [2.05, 4.69) is 20.6 Å². The highest BCUT2D eigenvalue weighted by Gasteiger charge is 2.10. The summed E-state index contributed by atoms with van der Waals surface area (Å²) < 4.78 is 10.9. The molecule has 0 unspecified atom stereocenters.